The minimum atomic E-state index is -1.82. The second kappa shape index (κ2) is 8.25. The first-order valence-electron chi connectivity index (χ1n) is 9.64. The number of fused-ring (bicyclic) bond motifs is 2. The van der Waals surface area contributed by atoms with Crippen LogP contribution in [0.4, 0.5) is 16.2 Å². The van der Waals surface area contributed by atoms with E-state index in [0.29, 0.717) is 16.9 Å². The molecule has 2 aromatic rings. The molecule has 0 aliphatic carbocycles. The van der Waals surface area contributed by atoms with Crippen molar-refractivity contribution >= 4 is 23.4 Å². The largest absolute Gasteiger partial charge is 0.479 e. The summed E-state index contributed by atoms with van der Waals surface area (Å²) in [6.45, 7) is 0. The Morgan fingerprint density at radius 1 is 0.968 bits per heavy atom. The summed E-state index contributed by atoms with van der Waals surface area (Å²) < 4.78 is 11.2. The van der Waals surface area contributed by atoms with E-state index in [1.54, 1.807) is 48.5 Å². The van der Waals surface area contributed by atoms with Crippen molar-refractivity contribution in [1.82, 2.24) is 0 Å². The van der Waals surface area contributed by atoms with Crippen LogP contribution in [0.2, 0.25) is 0 Å². The topological polar surface area (TPSA) is 163 Å². The number of carboxylic acid groups (broad SMARTS) is 1. The van der Waals surface area contributed by atoms with E-state index in [1.807, 2.05) is 0 Å². The molecule has 0 unspecified atom stereocenters. The van der Waals surface area contributed by atoms with Crippen LogP contribution in [-0.4, -0.2) is 63.1 Å². The summed E-state index contributed by atoms with van der Waals surface area (Å²) in [4.78, 5) is 25.0. The van der Waals surface area contributed by atoms with Gasteiger partial charge in [-0.3, -0.25) is 4.90 Å². The summed E-state index contributed by atoms with van der Waals surface area (Å²) in [6, 6.07) is 13.3. The van der Waals surface area contributed by atoms with Crippen LogP contribution in [0.1, 0.15) is 17.2 Å². The molecule has 6 N–H and O–H groups in total. The first kappa shape index (κ1) is 21.2. The smallest absolute Gasteiger partial charge is 0.335 e. The van der Waals surface area contributed by atoms with Gasteiger partial charge in [-0.05, 0) is 17.7 Å². The van der Waals surface area contributed by atoms with Crippen molar-refractivity contribution in [3.05, 3.63) is 59.7 Å². The number of carbonyl (C=O) groups is 2. The number of urea groups is 1. The van der Waals surface area contributed by atoms with Crippen molar-refractivity contribution in [2.75, 3.05) is 4.90 Å². The zero-order chi connectivity index (χ0) is 22.3. The van der Waals surface area contributed by atoms with Crippen molar-refractivity contribution in [1.29, 1.82) is 0 Å². The third-order valence-electron chi connectivity index (χ3n) is 5.49. The fourth-order valence-corrected chi connectivity index (χ4v) is 3.99. The van der Waals surface area contributed by atoms with Gasteiger partial charge in [0.1, 0.15) is 18.3 Å². The number of primary amides is 1. The zero-order valence-electron chi connectivity index (χ0n) is 16.2. The molecule has 10 heteroatoms. The SMILES string of the molecule is NC(=O)N1c2ccccc2C[C@H](O[C@@H]2O[C@@H](C(=O)O)[C@@H](O)[C@H](O)[C@@H]2O)c2ccccc21. The summed E-state index contributed by atoms with van der Waals surface area (Å²) in [5, 5.41) is 39.6. The molecule has 2 aliphatic rings. The monoisotopic (exact) mass is 430 g/mol. The van der Waals surface area contributed by atoms with Crippen molar-refractivity contribution in [2.45, 2.75) is 43.2 Å². The normalized spacial score (nSPS) is 30.1. The summed E-state index contributed by atoms with van der Waals surface area (Å²) in [6.07, 6.45) is -9.14. The maximum atomic E-state index is 12.3. The molecule has 6 atom stereocenters. The Bertz CT molecular complexity index is 999. The van der Waals surface area contributed by atoms with E-state index < -0.39 is 48.8 Å². The van der Waals surface area contributed by atoms with Crippen LogP contribution in [0.5, 0.6) is 0 Å². The highest BCUT2D eigenvalue weighted by Gasteiger charge is 2.48. The van der Waals surface area contributed by atoms with Crippen molar-refractivity contribution in [3.8, 4) is 0 Å². The highest BCUT2D eigenvalue weighted by molar-refractivity contribution is 6.00. The van der Waals surface area contributed by atoms with Gasteiger partial charge in [0.15, 0.2) is 12.4 Å². The van der Waals surface area contributed by atoms with Gasteiger partial charge in [-0.1, -0.05) is 36.4 Å². The molecule has 2 aromatic carbocycles. The molecule has 0 aromatic heterocycles. The summed E-state index contributed by atoms with van der Waals surface area (Å²) in [7, 11) is 0. The predicted octanol–water partition coefficient (Wildman–Crippen LogP) is 0.409. The lowest BCUT2D eigenvalue weighted by molar-refractivity contribution is -0.305. The Balaban J connectivity index is 1.74. The van der Waals surface area contributed by atoms with E-state index in [0.717, 1.165) is 5.56 Å². The van der Waals surface area contributed by atoms with Gasteiger partial charge in [-0.15, -0.1) is 0 Å². The van der Waals surface area contributed by atoms with E-state index in [4.69, 9.17) is 15.2 Å². The molecule has 1 saturated heterocycles. The minimum Gasteiger partial charge on any atom is -0.479 e. The van der Waals surface area contributed by atoms with Crippen molar-refractivity contribution in [3.63, 3.8) is 0 Å². The molecule has 1 fully saturated rings. The number of aliphatic hydroxyl groups excluding tert-OH is 3. The minimum absolute atomic E-state index is 0.250. The molecule has 2 amide bonds. The van der Waals surface area contributed by atoms with E-state index in [-0.39, 0.29) is 6.42 Å². The molecular weight excluding hydrogens is 408 g/mol. The molecule has 2 aliphatic heterocycles. The lowest BCUT2D eigenvalue weighted by Gasteiger charge is -2.39. The molecule has 31 heavy (non-hydrogen) atoms. The number of nitrogens with zero attached hydrogens (tertiary/aromatic N) is 1. The number of para-hydroxylation sites is 2. The number of hydrogen-bond donors (Lipinski definition) is 5. The molecule has 0 saturated carbocycles. The number of carboxylic acids is 1. The standard InChI is InChI=1S/C21H22N2O8/c22-21(29)23-12-7-3-1-5-10(12)9-14(11-6-2-4-8-13(11)23)30-20-17(26)15(24)16(25)18(31-20)19(27)28/h1-8,14-18,20,24-26H,9H2,(H2,22,29)(H,27,28)/t14-,15-,16-,17-,18+,20+/m0/s1. The third kappa shape index (κ3) is 3.75. The number of amides is 2. The average molecular weight is 430 g/mol. The Kier molecular flexibility index (Phi) is 5.65. The molecule has 164 valence electrons. The zero-order valence-corrected chi connectivity index (χ0v) is 16.2. The number of nitrogens with two attached hydrogens (primary N) is 1. The number of aliphatic hydroxyl groups is 3. The first-order chi connectivity index (χ1) is 14.8. The maximum absolute atomic E-state index is 12.3. The van der Waals surface area contributed by atoms with Crippen LogP contribution in [0.15, 0.2) is 48.5 Å². The van der Waals surface area contributed by atoms with Crippen LogP contribution >= 0.6 is 0 Å². The van der Waals surface area contributed by atoms with Gasteiger partial charge in [0.05, 0.1) is 17.5 Å². The van der Waals surface area contributed by atoms with Crippen LogP contribution in [-0.2, 0) is 20.7 Å². The number of anilines is 2. The fourth-order valence-electron chi connectivity index (χ4n) is 3.99. The van der Waals surface area contributed by atoms with E-state index >= 15 is 0 Å². The van der Waals surface area contributed by atoms with Gasteiger partial charge in [0, 0.05) is 12.0 Å². The van der Waals surface area contributed by atoms with Gasteiger partial charge in [0.2, 0.25) is 0 Å². The Morgan fingerprint density at radius 2 is 1.61 bits per heavy atom. The van der Waals surface area contributed by atoms with E-state index in [1.165, 1.54) is 4.90 Å². The van der Waals surface area contributed by atoms with Gasteiger partial charge < -0.3 is 35.6 Å². The number of benzene rings is 2. The van der Waals surface area contributed by atoms with Gasteiger partial charge in [-0.2, -0.15) is 0 Å². The second-order valence-electron chi connectivity index (χ2n) is 7.43. The summed E-state index contributed by atoms with van der Waals surface area (Å²) in [5.41, 5.74) is 7.97. The molecular formula is C21H22N2O8. The highest BCUT2D eigenvalue weighted by Crippen LogP contribution is 2.42. The van der Waals surface area contributed by atoms with Gasteiger partial charge in [-0.25, -0.2) is 9.59 Å². The summed E-state index contributed by atoms with van der Waals surface area (Å²) in [5.74, 6) is -1.50. The quantitative estimate of drug-likeness (QED) is 0.467. The Morgan fingerprint density at radius 3 is 2.29 bits per heavy atom. The Hall–Kier alpha value is -3.02. The predicted molar refractivity (Wildman–Crippen MR) is 106 cm³/mol. The number of hydrogen-bond acceptors (Lipinski definition) is 7. The number of rotatable bonds is 3. The second-order valence-corrected chi connectivity index (χ2v) is 7.43. The van der Waals surface area contributed by atoms with Crippen molar-refractivity contribution in [2.24, 2.45) is 5.73 Å². The average Bonchev–Trinajstić information content (AvgIpc) is 2.88. The van der Waals surface area contributed by atoms with Crippen LogP contribution in [0, 0.1) is 0 Å². The van der Waals surface area contributed by atoms with Crippen LogP contribution in [0.25, 0.3) is 0 Å². The first-order valence-corrected chi connectivity index (χ1v) is 9.64. The molecule has 0 radical (unpaired) electrons. The lowest BCUT2D eigenvalue weighted by atomic mass is 9.98. The molecule has 4 rings (SSSR count). The molecule has 2 heterocycles. The van der Waals surface area contributed by atoms with Gasteiger partial charge in [0.25, 0.3) is 0 Å². The fraction of sp³-hybridized carbons (Fsp3) is 0.333. The third-order valence-corrected chi connectivity index (χ3v) is 5.49. The lowest BCUT2D eigenvalue weighted by Crippen LogP contribution is -2.60. The number of ether oxygens (including phenoxy) is 2. The molecule has 0 bridgehead atoms. The van der Waals surface area contributed by atoms with E-state index in [2.05, 4.69) is 0 Å². The number of aliphatic carboxylic acids is 1. The molecule has 10 nitrogen and oxygen atoms in total. The van der Waals surface area contributed by atoms with E-state index in [9.17, 15) is 30.0 Å². The van der Waals surface area contributed by atoms with Crippen LogP contribution < -0.4 is 10.6 Å². The highest BCUT2D eigenvalue weighted by atomic mass is 16.7. The van der Waals surface area contributed by atoms with Gasteiger partial charge >= 0.3 is 12.0 Å². The molecule has 0 spiro atoms. The van der Waals surface area contributed by atoms with Crippen LogP contribution in [0.3, 0.4) is 0 Å². The summed E-state index contributed by atoms with van der Waals surface area (Å²) >= 11 is 0. The number of carbonyl (C=O) groups excluding carboxylic acids is 1. The Labute approximate surface area is 177 Å². The van der Waals surface area contributed by atoms with Crippen molar-refractivity contribution < 1.29 is 39.5 Å². The maximum Gasteiger partial charge on any atom is 0.335 e.